The minimum absolute atomic E-state index is 0.0749. The fourth-order valence-electron chi connectivity index (χ4n) is 2.54. The number of aliphatic hydroxyl groups is 1. The quantitative estimate of drug-likeness (QED) is 0.880. The van der Waals surface area contributed by atoms with Gasteiger partial charge in [-0.1, -0.05) is 29.8 Å². The Morgan fingerprint density at radius 1 is 1.24 bits per heavy atom. The molecule has 0 radical (unpaired) electrons. The van der Waals surface area contributed by atoms with Crippen molar-refractivity contribution >= 4 is 39.1 Å². The summed E-state index contributed by atoms with van der Waals surface area (Å²) in [6, 6.07) is 11.0. The van der Waals surface area contributed by atoms with E-state index in [0.29, 0.717) is 11.4 Å². The van der Waals surface area contributed by atoms with Gasteiger partial charge < -0.3 is 10.0 Å². The van der Waals surface area contributed by atoms with E-state index >= 15 is 0 Å². The van der Waals surface area contributed by atoms with Crippen molar-refractivity contribution in [1.29, 1.82) is 0 Å². The molecule has 0 aromatic heterocycles. The Hall–Kier alpha value is -1.36. The minimum atomic E-state index is -0.745. The highest BCUT2D eigenvalue weighted by Gasteiger charge is 2.25. The van der Waals surface area contributed by atoms with Gasteiger partial charge in [-0.05, 0) is 50.8 Å². The van der Waals surface area contributed by atoms with Crippen LogP contribution in [0.1, 0.15) is 22.8 Å². The van der Waals surface area contributed by atoms with Crippen LogP contribution in [0.25, 0.3) is 0 Å². The van der Waals surface area contributed by atoms with Gasteiger partial charge in [0.15, 0.2) is 0 Å². The molecule has 0 spiro atoms. The van der Waals surface area contributed by atoms with E-state index < -0.39 is 6.10 Å². The average Bonchev–Trinajstić information content (AvgIpc) is 2.76. The van der Waals surface area contributed by atoms with Crippen molar-refractivity contribution in [3.05, 3.63) is 62.6 Å². The summed E-state index contributed by atoms with van der Waals surface area (Å²) in [5, 5.41) is 11.1. The van der Waals surface area contributed by atoms with E-state index in [1.54, 1.807) is 30.1 Å². The Morgan fingerprint density at radius 2 is 1.90 bits per heavy atom. The van der Waals surface area contributed by atoms with Gasteiger partial charge in [-0.15, -0.1) is 0 Å². The van der Waals surface area contributed by atoms with Crippen molar-refractivity contribution < 1.29 is 9.90 Å². The van der Waals surface area contributed by atoms with E-state index in [0.717, 1.165) is 26.9 Å². The molecule has 1 aliphatic heterocycles. The zero-order valence-electron chi connectivity index (χ0n) is 11.3. The van der Waals surface area contributed by atoms with Crippen molar-refractivity contribution in [2.45, 2.75) is 12.5 Å². The maximum absolute atomic E-state index is 11.7. The topological polar surface area (TPSA) is 40.5 Å². The molecule has 1 N–H and O–H groups in total. The highest BCUT2D eigenvalue weighted by atomic mass is 79.9. The molecule has 1 atom stereocenters. The molecule has 1 amide bonds. The van der Waals surface area contributed by atoms with Gasteiger partial charge in [0, 0.05) is 17.2 Å². The van der Waals surface area contributed by atoms with Crippen molar-refractivity contribution in [2.24, 2.45) is 0 Å². The van der Waals surface area contributed by atoms with Gasteiger partial charge in [0.2, 0.25) is 5.91 Å². The van der Waals surface area contributed by atoms with Crippen LogP contribution >= 0.6 is 27.5 Å². The average molecular weight is 367 g/mol. The maximum atomic E-state index is 11.7. The fraction of sp³-hybridized carbons (Fsp3) is 0.188. The SMILES string of the molecule is CN1C(=O)Cc2cc(C(O)c3ccc(Cl)c(Br)c3)ccc21. The normalized spacial score (nSPS) is 15.2. The van der Waals surface area contributed by atoms with Crippen molar-refractivity contribution in [1.82, 2.24) is 0 Å². The van der Waals surface area contributed by atoms with Crippen LogP contribution in [0.2, 0.25) is 5.02 Å². The molecular formula is C16H13BrClNO2. The number of carbonyl (C=O) groups excluding carboxylic acids is 1. The highest BCUT2D eigenvalue weighted by molar-refractivity contribution is 9.10. The number of hydrogen-bond acceptors (Lipinski definition) is 2. The summed E-state index contributed by atoms with van der Waals surface area (Å²) < 4.78 is 0.747. The lowest BCUT2D eigenvalue weighted by molar-refractivity contribution is -0.117. The number of aliphatic hydroxyl groups excluding tert-OH is 1. The molecule has 3 rings (SSSR count). The number of likely N-dealkylation sites (N-methyl/N-ethyl adjacent to an activating group) is 1. The summed E-state index contributed by atoms with van der Waals surface area (Å²) in [4.78, 5) is 13.4. The molecular weight excluding hydrogens is 354 g/mol. The van der Waals surface area contributed by atoms with Gasteiger partial charge >= 0.3 is 0 Å². The van der Waals surface area contributed by atoms with E-state index in [-0.39, 0.29) is 5.91 Å². The highest BCUT2D eigenvalue weighted by Crippen LogP contribution is 2.33. The number of benzene rings is 2. The molecule has 108 valence electrons. The maximum Gasteiger partial charge on any atom is 0.231 e. The zero-order chi connectivity index (χ0) is 15.1. The summed E-state index contributed by atoms with van der Waals surface area (Å²) in [5.41, 5.74) is 3.38. The molecule has 21 heavy (non-hydrogen) atoms. The Labute approximate surface area is 136 Å². The van der Waals surface area contributed by atoms with Gasteiger partial charge in [0.05, 0.1) is 11.4 Å². The molecule has 3 nitrogen and oxygen atoms in total. The minimum Gasteiger partial charge on any atom is -0.384 e. The van der Waals surface area contributed by atoms with Crippen LogP contribution in [-0.2, 0) is 11.2 Å². The Kier molecular flexibility index (Phi) is 3.78. The molecule has 2 aromatic carbocycles. The first-order chi connectivity index (χ1) is 9.97. The van der Waals surface area contributed by atoms with Gasteiger partial charge in [0.1, 0.15) is 6.10 Å². The van der Waals surface area contributed by atoms with Crippen molar-refractivity contribution in [3.63, 3.8) is 0 Å². The number of rotatable bonds is 2. The predicted molar refractivity (Wildman–Crippen MR) is 86.8 cm³/mol. The zero-order valence-corrected chi connectivity index (χ0v) is 13.6. The molecule has 1 heterocycles. The molecule has 1 unspecified atom stereocenters. The molecule has 0 fully saturated rings. The van der Waals surface area contributed by atoms with Crippen LogP contribution < -0.4 is 4.90 Å². The van der Waals surface area contributed by atoms with E-state index in [1.807, 2.05) is 18.2 Å². The lowest BCUT2D eigenvalue weighted by Crippen LogP contribution is -2.20. The fourth-order valence-corrected chi connectivity index (χ4v) is 3.05. The number of nitrogens with zero attached hydrogens (tertiary/aromatic N) is 1. The molecule has 2 aromatic rings. The summed E-state index contributed by atoms with van der Waals surface area (Å²) in [7, 11) is 1.76. The van der Waals surface area contributed by atoms with Crippen LogP contribution in [0, 0.1) is 0 Å². The third-order valence-electron chi connectivity index (χ3n) is 3.76. The number of anilines is 1. The first kappa shape index (κ1) is 14.6. The monoisotopic (exact) mass is 365 g/mol. The van der Waals surface area contributed by atoms with Crippen LogP contribution in [0.4, 0.5) is 5.69 Å². The number of fused-ring (bicyclic) bond motifs is 1. The third kappa shape index (κ3) is 2.59. The summed E-state index contributed by atoms with van der Waals surface area (Å²) in [5.74, 6) is 0.0749. The van der Waals surface area contributed by atoms with Crippen LogP contribution in [-0.4, -0.2) is 18.1 Å². The second-order valence-electron chi connectivity index (χ2n) is 5.09. The molecule has 0 bridgehead atoms. The second-order valence-corrected chi connectivity index (χ2v) is 6.36. The van der Waals surface area contributed by atoms with Gasteiger partial charge in [0.25, 0.3) is 0 Å². The summed E-state index contributed by atoms with van der Waals surface area (Å²) in [6.45, 7) is 0. The van der Waals surface area contributed by atoms with Crippen LogP contribution in [0.5, 0.6) is 0 Å². The Balaban J connectivity index is 1.96. The number of amides is 1. The van der Waals surface area contributed by atoms with Crippen molar-refractivity contribution in [2.75, 3.05) is 11.9 Å². The van der Waals surface area contributed by atoms with Gasteiger partial charge in [-0.2, -0.15) is 0 Å². The van der Waals surface area contributed by atoms with E-state index in [1.165, 1.54) is 0 Å². The van der Waals surface area contributed by atoms with Crippen LogP contribution in [0.3, 0.4) is 0 Å². The molecule has 5 heteroatoms. The van der Waals surface area contributed by atoms with Gasteiger partial charge in [-0.25, -0.2) is 0 Å². The largest absolute Gasteiger partial charge is 0.384 e. The van der Waals surface area contributed by atoms with E-state index in [9.17, 15) is 9.90 Å². The number of hydrogen-bond donors (Lipinski definition) is 1. The first-order valence-corrected chi connectivity index (χ1v) is 7.67. The second kappa shape index (κ2) is 5.44. The number of halogens is 2. The van der Waals surface area contributed by atoms with E-state index in [2.05, 4.69) is 15.9 Å². The summed E-state index contributed by atoms with van der Waals surface area (Å²) >= 11 is 9.33. The lowest BCUT2D eigenvalue weighted by Gasteiger charge is -2.15. The van der Waals surface area contributed by atoms with Gasteiger partial charge in [-0.3, -0.25) is 4.79 Å². The lowest BCUT2D eigenvalue weighted by atomic mass is 9.99. The predicted octanol–water partition coefficient (Wildman–Crippen LogP) is 3.70. The molecule has 0 saturated heterocycles. The third-order valence-corrected chi connectivity index (χ3v) is 4.97. The number of carbonyl (C=O) groups is 1. The van der Waals surface area contributed by atoms with Crippen LogP contribution in [0.15, 0.2) is 40.9 Å². The summed E-state index contributed by atoms with van der Waals surface area (Å²) in [6.07, 6.45) is -0.360. The smallest absolute Gasteiger partial charge is 0.231 e. The van der Waals surface area contributed by atoms with E-state index in [4.69, 9.17) is 11.6 Å². The molecule has 1 aliphatic rings. The standard InChI is InChI=1S/C16H13BrClNO2/c1-19-14-5-3-9(6-11(14)8-15(19)20)16(21)10-2-4-13(18)12(17)7-10/h2-7,16,21H,8H2,1H3. The Bertz CT molecular complexity index is 732. The molecule has 0 aliphatic carbocycles. The van der Waals surface area contributed by atoms with Crippen molar-refractivity contribution in [3.8, 4) is 0 Å². The Morgan fingerprint density at radius 3 is 2.62 bits per heavy atom. The molecule has 0 saturated carbocycles. The first-order valence-electron chi connectivity index (χ1n) is 6.50.